The van der Waals surface area contributed by atoms with Gasteiger partial charge in [-0.25, -0.2) is 4.98 Å². The van der Waals surface area contributed by atoms with Gasteiger partial charge in [0.05, 0.1) is 10.7 Å². The van der Waals surface area contributed by atoms with Gasteiger partial charge in [0.15, 0.2) is 0 Å². The van der Waals surface area contributed by atoms with Crippen LogP contribution in [-0.4, -0.2) is 9.97 Å². The molecule has 2 fully saturated rings. The van der Waals surface area contributed by atoms with Gasteiger partial charge in [-0.05, 0) is 43.7 Å². The molecule has 2 aromatic heterocycles. The molecule has 0 aliphatic heterocycles. The Balaban J connectivity index is 1.53. The van der Waals surface area contributed by atoms with Crippen molar-refractivity contribution in [3.8, 4) is 11.3 Å². The molecule has 4 rings (SSSR count). The predicted octanol–water partition coefficient (Wildman–Crippen LogP) is 4.81. The molecule has 0 saturated heterocycles. The van der Waals surface area contributed by atoms with E-state index >= 15 is 0 Å². The van der Waals surface area contributed by atoms with Crippen molar-refractivity contribution in [1.82, 2.24) is 9.97 Å². The van der Waals surface area contributed by atoms with Crippen LogP contribution in [0.2, 0.25) is 0 Å². The normalized spacial score (nSPS) is 28.8. The van der Waals surface area contributed by atoms with Crippen molar-refractivity contribution in [1.29, 1.82) is 0 Å². The molecule has 2 heterocycles. The van der Waals surface area contributed by atoms with E-state index in [0.717, 1.165) is 34.0 Å². The zero-order chi connectivity index (χ0) is 13.5. The fourth-order valence-electron chi connectivity index (χ4n) is 3.98. The maximum atomic E-state index is 4.74. The van der Waals surface area contributed by atoms with E-state index in [4.69, 9.17) is 4.98 Å². The molecule has 2 aliphatic carbocycles. The average molecular weight is 284 g/mol. The highest BCUT2D eigenvalue weighted by Crippen LogP contribution is 2.53. The molecule has 104 valence electrons. The molecule has 0 amide bonds. The van der Waals surface area contributed by atoms with E-state index in [0.29, 0.717) is 0 Å². The summed E-state index contributed by atoms with van der Waals surface area (Å²) in [5, 5.41) is 3.24. The Morgan fingerprint density at radius 2 is 2.10 bits per heavy atom. The summed E-state index contributed by atoms with van der Waals surface area (Å²) in [5.41, 5.74) is 3.53. The van der Waals surface area contributed by atoms with Gasteiger partial charge in [-0.1, -0.05) is 19.3 Å². The molecule has 2 aromatic rings. The lowest BCUT2D eigenvalue weighted by atomic mass is 9.57. The minimum atomic E-state index is 0.728. The number of rotatable bonds is 2. The van der Waals surface area contributed by atoms with Crippen LogP contribution < -0.4 is 0 Å². The maximum absolute atomic E-state index is 4.74. The van der Waals surface area contributed by atoms with Crippen molar-refractivity contribution in [2.75, 3.05) is 0 Å². The van der Waals surface area contributed by atoms with Gasteiger partial charge in [0, 0.05) is 28.8 Å². The van der Waals surface area contributed by atoms with Crippen molar-refractivity contribution in [3.63, 3.8) is 0 Å². The fourth-order valence-corrected chi connectivity index (χ4v) is 4.60. The van der Waals surface area contributed by atoms with E-state index in [-0.39, 0.29) is 0 Å². The Kier molecular flexibility index (Phi) is 3.10. The van der Waals surface area contributed by atoms with Gasteiger partial charge in [0.2, 0.25) is 0 Å². The lowest BCUT2D eigenvalue weighted by Crippen LogP contribution is -2.37. The second kappa shape index (κ2) is 4.96. The van der Waals surface area contributed by atoms with Crippen molar-refractivity contribution < 1.29 is 0 Å². The molecule has 0 aromatic carbocycles. The molecule has 2 saturated carbocycles. The predicted molar refractivity (Wildman–Crippen MR) is 82.9 cm³/mol. The van der Waals surface area contributed by atoms with E-state index in [1.165, 1.54) is 37.8 Å². The minimum absolute atomic E-state index is 0.728. The monoisotopic (exact) mass is 284 g/mol. The van der Waals surface area contributed by atoms with Crippen LogP contribution in [0.1, 0.15) is 48.7 Å². The van der Waals surface area contributed by atoms with Crippen molar-refractivity contribution >= 4 is 11.3 Å². The molecular weight excluding hydrogens is 264 g/mol. The molecule has 3 unspecified atom stereocenters. The Labute approximate surface area is 124 Å². The number of thiazole rings is 1. The van der Waals surface area contributed by atoms with E-state index < -0.39 is 0 Å². The number of aromatic nitrogens is 2. The van der Waals surface area contributed by atoms with Crippen molar-refractivity contribution in [2.45, 2.75) is 44.9 Å². The smallest absolute Gasteiger partial charge is 0.0901 e. The number of aryl methyl sites for hydroxylation is 1. The minimum Gasteiger partial charge on any atom is -0.260 e. The highest BCUT2D eigenvalue weighted by atomic mass is 32.1. The summed E-state index contributed by atoms with van der Waals surface area (Å²) in [6.07, 6.45) is 9.13. The van der Waals surface area contributed by atoms with Gasteiger partial charge < -0.3 is 0 Å². The second-order valence-electron chi connectivity index (χ2n) is 6.27. The summed E-state index contributed by atoms with van der Waals surface area (Å²) in [5.74, 6) is 2.64. The maximum Gasteiger partial charge on any atom is 0.0901 e. The molecule has 0 N–H and O–H groups in total. The van der Waals surface area contributed by atoms with Crippen LogP contribution in [0.15, 0.2) is 23.7 Å². The largest absolute Gasteiger partial charge is 0.260 e. The molecule has 2 aliphatic rings. The summed E-state index contributed by atoms with van der Waals surface area (Å²) in [7, 11) is 0. The van der Waals surface area contributed by atoms with E-state index in [1.807, 2.05) is 13.1 Å². The topological polar surface area (TPSA) is 25.8 Å². The standard InChI is InChI=1S/C17H20N2S/c1-11-19-17(10-20-11)13-6-7-16(18-9-13)15-8-12-4-2-3-5-14(12)15/h6-7,9-10,12,14-15H,2-5,8H2,1H3. The van der Waals surface area contributed by atoms with Gasteiger partial charge in [-0.3, -0.25) is 4.98 Å². The summed E-state index contributed by atoms with van der Waals surface area (Å²) in [4.78, 5) is 9.28. The Morgan fingerprint density at radius 3 is 2.80 bits per heavy atom. The molecule has 20 heavy (non-hydrogen) atoms. The molecule has 2 nitrogen and oxygen atoms in total. The van der Waals surface area contributed by atoms with Gasteiger partial charge in [-0.15, -0.1) is 11.3 Å². The number of nitrogens with zero attached hydrogens (tertiary/aromatic N) is 2. The van der Waals surface area contributed by atoms with Crippen LogP contribution in [0.3, 0.4) is 0 Å². The first kappa shape index (κ1) is 12.5. The lowest BCUT2D eigenvalue weighted by molar-refractivity contribution is 0.0774. The van der Waals surface area contributed by atoms with Crippen molar-refractivity contribution in [3.05, 3.63) is 34.4 Å². The SMILES string of the molecule is Cc1nc(-c2ccc(C3CC4CCCCC43)nc2)cs1. The Morgan fingerprint density at radius 1 is 1.20 bits per heavy atom. The van der Waals surface area contributed by atoms with Crippen LogP contribution >= 0.6 is 11.3 Å². The quantitative estimate of drug-likeness (QED) is 0.791. The van der Waals surface area contributed by atoms with Crippen LogP contribution in [0, 0.1) is 18.8 Å². The van der Waals surface area contributed by atoms with Crippen LogP contribution in [0.25, 0.3) is 11.3 Å². The molecule has 3 heteroatoms. The fraction of sp³-hybridized carbons (Fsp3) is 0.529. The number of pyridine rings is 1. The van der Waals surface area contributed by atoms with Gasteiger partial charge in [0.25, 0.3) is 0 Å². The van der Waals surface area contributed by atoms with Crippen LogP contribution in [0.5, 0.6) is 0 Å². The first-order valence-electron chi connectivity index (χ1n) is 7.70. The summed E-state index contributed by atoms with van der Waals surface area (Å²) in [6, 6.07) is 4.44. The van der Waals surface area contributed by atoms with E-state index in [1.54, 1.807) is 11.3 Å². The van der Waals surface area contributed by atoms with Gasteiger partial charge in [0.1, 0.15) is 0 Å². The molecule has 0 bridgehead atoms. The van der Waals surface area contributed by atoms with Gasteiger partial charge in [-0.2, -0.15) is 0 Å². The van der Waals surface area contributed by atoms with E-state index in [2.05, 4.69) is 22.5 Å². The van der Waals surface area contributed by atoms with Crippen molar-refractivity contribution in [2.24, 2.45) is 11.8 Å². The third-order valence-electron chi connectivity index (χ3n) is 5.12. The summed E-state index contributed by atoms with van der Waals surface area (Å²) >= 11 is 1.70. The van der Waals surface area contributed by atoms with Crippen LogP contribution in [-0.2, 0) is 0 Å². The highest BCUT2D eigenvalue weighted by Gasteiger charge is 2.43. The van der Waals surface area contributed by atoms with E-state index in [9.17, 15) is 0 Å². The zero-order valence-electron chi connectivity index (χ0n) is 11.9. The molecule has 0 spiro atoms. The average Bonchev–Trinajstić information content (AvgIpc) is 2.88. The van der Waals surface area contributed by atoms with Crippen LogP contribution in [0.4, 0.5) is 0 Å². The highest BCUT2D eigenvalue weighted by molar-refractivity contribution is 7.09. The summed E-state index contributed by atoms with van der Waals surface area (Å²) in [6.45, 7) is 2.05. The second-order valence-corrected chi connectivity index (χ2v) is 7.34. The zero-order valence-corrected chi connectivity index (χ0v) is 12.7. The third kappa shape index (κ3) is 2.08. The summed E-state index contributed by atoms with van der Waals surface area (Å²) < 4.78 is 0. The lowest BCUT2D eigenvalue weighted by Gasteiger charge is -2.47. The Bertz CT molecular complexity index is 602. The number of fused-ring (bicyclic) bond motifs is 1. The first-order chi connectivity index (χ1) is 9.81. The number of hydrogen-bond donors (Lipinski definition) is 0. The number of hydrogen-bond acceptors (Lipinski definition) is 3. The molecular formula is C17H20N2S. The van der Waals surface area contributed by atoms with Gasteiger partial charge >= 0.3 is 0 Å². The third-order valence-corrected chi connectivity index (χ3v) is 5.90. The molecule has 0 radical (unpaired) electrons. The first-order valence-corrected chi connectivity index (χ1v) is 8.57. The molecule has 3 atom stereocenters. The Hall–Kier alpha value is -1.22.